The van der Waals surface area contributed by atoms with Crippen molar-refractivity contribution in [2.45, 2.75) is 26.3 Å². The van der Waals surface area contributed by atoms with E-state index < -0.39 is 67.7 Å². The number of aliphatic carboxylic acids is 1. The second-order valence-corrected chi connectivity index (χ2v) is 5.86. The maximum atomic E-state index is 11.8. The zero-order valence-corrected chi connectivity index (χ0v) is 15.3. The lowest BCUT2D eigenvalue weighted by molar-refractivity contribution is -0.150. The lowest BCUT2D eigenvalue weighted by Gasteiger charge is -2.14. The summed E-state index contributed by atoms with van der Waals surface area (Å²) in [5.41, 5.74) is 5.76. The number of carboxylic acids is 1. The van der Waals surface area contributed by atoms with E-state index in [0.717, 1.165) is 0 Å². The summed E-state index contributed by atoms with van der Waals surface area (Å²) < 4.78 is 9.45. The molecule has 1 amide bonds. The molecule has 2 atom stereocenters. The molecule has 0 unspecified atom stereocenters. The minimum Gasteiger partial charge on any atom is -0.481 e. The van der Waals surface area contributed by atoms with Crippen LogP contribution in [0.1, 0.15) is 20.3 Å². The minimum absolute atomic E-state index is 0.0964. The van der Waals surface area contributed by atoms with Crippen molar-refractivity contribution in [2.24, 2.45) is 11.7 Å². The van der Waals surface area contributed by atoms with Crippen LogP contribution < -0.4 is 11.1 Å². The Morgan fingerprint density at radius 2 is 1.48 bits per heavy atom. The maximum Gasteiger partial charge on any atom is 0.333 e. The summed E-state index contributed by atoms with van der Waals surface area (Å²) in [5, 5.41) is 11.3. The Morgan fingerprint density at radius 1 is 1.00 bits per heavy atom. The van der Waals surface area contributed by atoms with Gasteiger partial charge in [-0.05, 0) is 13.8 Å². The van der Waals surface area contributed by atoms with E-state index in [2.05, 4.69) is 18.5 Å². The van der Waals surface area contributed by atoms with E-state index >= 15 is 0 Å². The van der Waals surface area contributed by atoms with Crippen molar-refractivity contribution < 1.29 is 38.6 Å². The molecule has 0 bridgehead atoms. The van der Waals surface area contributed by atoms with Gasteiger partial charge < -0.3 is 25.6 Å². The molecule has 0 aromatic rings. The first-order valence-electron chi connectivity index (χ1n) is 7.88. The van der Waals surface area contributed by atoms with E-state index in [-0.39, 0.29) is 11.1 Å². The van der Waals surface area contributed by atoms with Crippen LogP contribution in [-0.2, 0) is 33.4 Å². The Hall–Kier alpha value is -3.01. The van der Waals surface area contributed by atoms with E-state index in [4.69, 9.17) is 20.3 Å². The van der Waals surface area contributed by atoms with E-state index in [1.165, 1.54) is 13.8 Å². The fourth-order valence-corrected chi connectivity index (χ4v) is 1.55. The number of nitrogens with two attached hydrogens (primary N) is 1. The third-order valence-electron chi connectivity index (χ3n) is 3.13. The molecule has 0 heterocycles. The average Bonchev–Trinajstić information content (AvgIpc) is 2.59. The maximum absolute atomic E-state index is 11.8. The van der Waals surface area contributed by atoms with Crippen molar-refractivity contribution >= 4 is 29.6 Å². The SMILES string of the molecule is C=C(C)C(=O)OC[C@H](CC(=O)CNC(=O)[C@@H](N)COC(=O)C(=C)C)C(=O)O. The summed E-state index contributed by atoms with van der Waals surface area (Å²) >= 11 is 0. The zero-order chi connectivity index (χ0) is 21.1. The van der Waals surface area contributed by atoms with E-state index in [0.29, 0.717) is 0 Å². The van der Waals surface area contributed by atoms with Crippen LogP contribution in [0.3, 0.4) is 0 Å². The summed E-state index contributed by atoms with van der Waals surface area (Å²) in [6, 6.07) is -1.20. The van der Waals surface area contributed by atoms with Gasteiger partial charge in [-0.1, -0.05) is 13.2 Å². The van der Waals surface area contributed by atoms with Gasteiger partial charge in [-0.15, -0.1) is 0 Å². The average molecular weight is 384 g/mol. The second-order valence-electron chi connectivity index (χ2n) is 5.86. The van der Waals surface area contributed by atoms with Gasteiger partial charge in [0.1, 0.15) is 19.3 Å². The van der Waals surface area contributed by atoms with Gasteiger partial charge in [0.15, 0.2) is 5.78 Å². The molecule has 0 aliphatic carbocycles. The molecule has 0 radical (unpaired) electrons. The Bertz CT molecular complexity index is 641. The van der Waals surface area contributed by atoms with Crippen LogP contribution in [0.5, 0.6) is 0 Å². The number of carbonyl (C=O) groups excluding carboxylic acids is 4. The van der Waals surface area contributed by atoms with E-state index in [1.807, 2.05) is 0 Å². The van der Waals surface area contributed by atoms with Gasteiger partial charge in [0, 0.05) is 17.6 Å². The highest BCUT2D eigenvalue weighted by Crippen LogP contribution is 2.07. The van der Waals surface area contributed by atoms with Crippen LogP contribution in [0.2, 0.25) is 0 Å². The first-order valence-corrected chi connectivity index (χ1v) is 7.88. The third-order valence-corrected chi connectivity index (χ3v) is 3.13. The van der Waals surface area contributed by atoms with Crippen LogP contribution in [0.25, 0.3) is 0 Å². The molecule has 10 nitrogen and oxygen atoms in total. The van der Waals surface area contributed by atoms with Crippen molar-refractivity contribution in [3.8, 4) is 0 Å². The number of hydrogen-bond donors (Lipinski definition) is 3. The Balaban J connectivity index is 4.40. The van der Waals surface area contributed by atoms with E-state index in [9.17, 15) is 24.0 Å². The van der Waals surface area contributed by atoms with Gasteiger partial charge in [-0.3, -0.25) is 14.4 Å². The topological polar surface area (TPSA) is 162 Å². The number of carbonyl (C=O) groups is 5. The van der Waals surface area contributed by atoms with Gasteiger partial charge in [0.05, 0.1) is 12.5 Å². The molecule has 0 aliphatic heterocycles. The van der Waals surface area contributed by atoms with Crippen LogP contribution in [0.4, 0.5) is 0 Å². The summed E-state index contributed by atoms with van der Waals surface area (Å²) in [7, 11) is 0. The molecule has 0 spiro atoms. The molecule has 0 aromatic carbocycles. The zero-order valence-electron chi connectivity index (χ0n) is 15.3. The molecule has 4 N–H and O–H groups in total. The van der Waals surface area contributed by atoms with Gasteiger partial charge >= 0.3 is 17.9 Å². The normalized spacial score (nSPS) is 12.3. The van der Waals surface area contributed by atoms with Crippen LogP contribution in [-0.4, -0.2) is 60.5 Å². The Kier molecular flexibility index (Phi) is 10.3. The van der Waals surface area contributed by atoms with Gasteiger partial charge in [0.25, 0.3) is 0 Å². The molecular weight excluding hydrogens is 360 g/mol. The molecule has 0 saturated heterocycles. The minimum atomic E-state index is -1.33. The summed E-state index contributed by atoms with van der Waals surface area (Å²) in [6.07, 6.45) is -0.459. The molecule has 10 heteroatoms. The lowest BCUT2D eigenvalue weighted by Crippen LogP contribution is -2.45. The number of Topliss-reactive ketones (excluding diaryl/α,β-unsaturated/α-hetero) is 1. The summed E-state index contributed by atoms with van der Waals surface area (Å²) in [6.45, 7) is 8.18. The quantitative estimate of drug-likeness (QED) is 0.292. The van der Waals surface area contributed by atoms with Crippen molar-refractivity contribution in [3.63, 3.8) is 0 Å². The number of carboxylic acid groups (broad SMARTS) is 1. The molecule has 0 fully saturated rings. The summed E-state index contributed by atoms with van der Waals surface area (Å²) in [4.78, 5) is 57.2. The third kappa shape index (κ3) is 9.90. The molecule has 27 heavy (non-hydrogen) atoms. The molecule has 150 valence electrons. The monoisotopic (exact) mass is 384 g/mol. The fourth-order valence-electron chi connectivity index (χ4n) is 1.55. The molecule has 0 aromatic heterocycles. The predicted octanol–water partition coefficient (Wildman–Crippen LogP) is -0.671. The fraction of sp³-hybridized carbons (Fsp3) is 0.471. The number of esters is 2. The number of ketones is 1. The van der Waals surface area contributed by atoms with E-state index in [1.54, 1.807) is 0 Å². The van der Waals surface area contributed by atoms with Crippen LogP contribution in [0.15, 0.2) is 24.3 Å². The number of hydrogen-bond acceptors (Lipinski definition) is 8. The first kappa shape index (κ1) is 24.0. The lowest BCUT2D eigenvalue weighted by atomic mass is 10.0. The highest BCUT2D eigenvalue weighted by atomic mass is 16.5. The van der Waals surface area contributed by atoms with Crippen molar-refractivity contribution in [2.75, 3.05) is 19.8 Å². The number of nitrogens with one attached hydrogen (secondary N) is 1. The van der Waals surface area contributed by atoms with Crippen LogP contribution >= 0.6 is 0 Å². The molecule has 0 aliphatic rings. The Labute approximate surface area is 156 Å². The largest absolute Gasteiger partial charge is 0.481 e. The molecule has 0 rings (SSSR count). The highest BCUT2D eigenvalue weighted by Gasteiger charge is 2.24. The molecule has 0 saturated carbocycles. The second kappa shape index (κ2) is 11.6. The highest BCUT2D eigenvalue weighted by molar-refractivity contribution is 5.91. The first-order chi connectivity index (χ1) is 12.5. The van der Waals surface area contributed by atoms with Crippen LogP contribution in [0, 0.1) is 5.92 Å². The van der Waals surface area contributed by atoms with Gasteiger partial charge in [0.2, 0.25) is 5.91 Å². The smallest absolute Gasteiger partial charge is 0.333 e. The predicted molar refractivity (Wildman–Crippen MR) is 93.3 cm³/mol. The molecular formula is C17H24N2O8. The Morgan fingerprint density at radius 3 is 1.93 bits per heavy atom. The standard InChI is InChI=1S/C17H24N2O8/c1-9(2)16(24)26-7-11(15(22)23)5-12(20)6-19-14(21)13(18)8-27-17(25)10(3)4/h11,13H,1,3,5-8,18H2,2,4H3,(H,19,21)(H,22,23)/t11-,13-/m0/s1. The number of amides is 1. The number of rotatable bonds is 12. The van der Waals surface area contributed by atoms with Gasteiger partial charge in [-0.2, -0.15) is 0 Å². The van der Waals surface area contributed by atoms with Crippen molar-refractivity contribution in [3.05, 3.63) is 24.3 Å². The van der Waals surface area contributed by atoms with Crippen molar-refractivity contribution in [1.82, 2.24) is 5.32 Å². The summed E-state index contributed by atoms with van der Waals surface area (Å²) in [5.74, 6) is -5.41. The van der Waals surface area contributed by atoms with Crippen molar-refractivity contribution in [1.29, 1.82) is 0 Å². The van der Waals surface area contributed by atoms with Gasteiger partial charge in [-0.25, -0.2) is 9.59 Å². The number of ether oxygens (including phenoxy) is 2.